The summed E-state index contributed by atoms with van der Waals surface area (Å²) in [5.41, 5.74) is 1.28. The van der Waals surface area contributed by atoms with Crippen LogP contribution in [0.25, 0.3) is 0 Å². The molecular formula is C15H21N3O3. The van der Waals surface area contributed by atoms with Crippen LogP contribution in [-0.2, 0) is 9.53 Å². The monoisotopic (exact) mass is 291 g/mol. The van der Waals surface area contributed by atoms with Gasteiger partial charge in [0.05, 0.1) is 0 Å². The average molecular weight is 291 g/mol. The molecule has 0 fully saturated rings. The highest BCUT2D eigenvalue weighted by atomic mass is 16.6. The van der Waals surface area contributed by atoms with Gasteiger partial charge in [-0.05, 0) is 45.4 Å². The molecule has 0 saturated heterocycles. The first kappa shape index (κ1) is 16.7. The van der Waals surface area contributed by atoms with Gasteiger partial charge in [-0.2, -0.15) is 0 Å². The van der Waals surface area contributed by atoms with Crippen molar-refractivity contribution in [2.24, 2.45) is 0 Å². The van der Waals surface area contributed by atoms with E-state index < -0.39 is 11.7 Å². The van der Waals surface area contributed by atoms with Crippen LogP contribution in [0.2, 0.25) is 0 Å². The van der Waals surface area contributed by atoms with Crippen LogP contribution in [0.4, 0.5) is 10.5 Å². The Morgan fingerprint density at radius 3 is 2.38 bits per heavy atom. The molecule has 0 atom stereocenters. The Kier molecular flexibility index (Phi) is 5.07. The minimum absolute atomic E-state index is 0.00663. The number of hydrogen-bond donors (Lipinski definition) is 3. The molecule has 0 saturated carbocycles. The number of hydrogen-bond acceptors (Lipinski definition) is 4. The van der Waals surface area contributed by atoms with Gasteiger partial charge < -0.3 is 10.1 Å². The molecule has 1 aromatic rings. The van der Waals surface area contributed by atoms with E-state index in [9.17, 15) is 9.59 Å². The number of amidine groups is 1. The number of benzene rings is 1. The van der Waals surface area contributed by atoms with Crippen molar-refractivity contribution < 1.29 is 14.3 Å². The van der Waals surface area contributed by atoms with E-state index in [1.807, 2.05) is 6.92 Å². The Morgan fingerprint density at radius 2 is 1.86 bits per heavy atom. The van der Waals surface area contributed by atoms with Crippen LogP contribution >= 0.6 is 0 Å². The summed E-state index contributed by atoms with van der Waals surface area (Å²) in [5.74, 6) is -0.322. The first-order valence-electron chi connectivity index (χ1n) is 6.55. The Hall–Kier alpha value is -2.37. The van der Waals surface area contributed by atoms with Gasteiger partial charge in [0.15, 0.2) is 0 Å². The van der Waals surface area contributed by atoms with Gasteiger partial charge in [0, 0.05) is 18.2 Å². The third-order valence-electron chi connectivity index (χ3n) is 2.45. The van der Waals surface area contributed by atoms with Crippen molar-refractivity contribution in [1.82, 2.24) is 5.32 Å². The van der Waals surface area contributed by atoms with Crippen molar-refractivity contribution in [2.45, 2.75) is 40.2 Å². The van der Waals surface area contributed by atoms with Gasteiger partial charge in [0.25, 0.3) is 0 Å². The molecule has 6 heteroatoms. The van der Waals surface area contributed by atoms with Crippen molar-refractivity contribution in [2.75, 3.05) is 5.32 Å². The van der Waals surface area contributed by atoms with E-state index in [0.717, 1.165) is 5.56 Å². The van der Waals surface area contributed by atoms with Gasteiger partial charge in [-0.1, -0.05) is 6.07 Å². The largest absolute Gasteiger partial charge is 0.444 e. The third-order valence-corrected chi connectivity index (χ3v) is 2.45. The predicted molar refractivity (Wildman–Crippen MR) is 81.7 cm³/mol. The van der Waals surface area contributed by atoms with E-state index in [2.05, 4.69) is 10.6 Å². The minimum atomic E-state index is -0.583. The maximum absolute atomic E-state index is 11.7. The molecular weight excluding hydrogens is 270 g/mol. The van der Waals surface area contributed by atoms with Gasteiger partial charge in [-0.25, -0.2) is 4.79 Å². The molecule has 114 valence electrons. The average Bonchev–Trinajstić information content (AvgIpc) is 2.28. The van der Waals surface area contributed by atoms with Crippen molar-refractivity contribution in [3.05, 3.63) is 29.3 Å². The molecule has 0 unspecified atom stereocenters. The standard InChI is InChI=1S/C15H21N3O3/c1-9-6-7-11(18-14(20)21-15(3,4)5)8-12(9)13(16)17-10(2)19/h6-8H,1-5H3,(H,18,20)(H2,16,17,19). The lowest BCUT2D eigenvalue weighted by Crippen LogP contribution is -2.29. The number of carbonyl (C=O) groups is 2. The fraction of sp³-hybridized carbons (Fsp3) is 0.400. The van der Waals surface area contributed by atoms with E-state index >= 15 is 0 Å². The molecule has 0 radical (unpaired) electrons. The maximum Gasteiger partial charge on any atom is 0.412 e. The molecule has 1 aromatic carbocycles. The molecule has 0 aliphatic heterocycles. The summed E-state index contributed by atoms with van der Waals surface area (Å²) in [6.45, 7) is 8.49. The van der Waals surface area contributed by atoms with Crippen molar-refractivity contribution >= 4 is 23.5 Å². The second-order valence-electron chi connectivity index (χ2n) is 5.71. The topological polar surface area (TPSA) is 91.3 Å². The molecule has 0 spiro atoms. The van der Waals surface area contributed by atoms with Crippen molar-refractivity contribution in [3.63, 3.8) is 0 Å². The summed E-state index contributed by atoms with van der Waals surface area (Å²) in [4.78, 5) is 22.7. The van der Waals surface area contributed by atoms with Gasteiger partial charge >= 0.3 is 6.09 Å². The first-order chi connectivity index (χ1) is 9.58. The van der Waals surface area contributed by atoms with Crippen LogP contribution in [0.1, 0.15) is 38.8 Å². The number of aryl methyl sites for hydroxylation is 1. The highest BCUT2D eigenvalue weighted by Gasteiger charge is 2.16. The van der Waals surface area contributed by atoms with E-state index in [-0.39, 0.29) is 11.7 Å². The van der Waals surface area contributed by atoms with Crippen LogP contribution in [0, 0.1) is 12.3 Å². The summed E-state index contributed by atoms with van der Waals surface area (Å²) in [5, 5.41) is 12.9. The Bertz CT molecular complexity index is 574. The molecule has 6 nitrogen and oxygen atoms in total. The lowest BCUT2D eigenvalue weighted by atomic mass is 10.1. The van der Waals surface area contributed by atoms with Gasteiger partial charge in [-0.3, -0.25) is 15.5 Å². The molecule has 0 heterocycles. The summed E-state index contributed by atoms with van der Waals surface area (Å²) in [6.07, 6.45) is -0.566. The summed E-state index contributed by atoms with van der Waals surface area (Å²) in [6, 6.07) is 5.10. The molecule has 3 N–H and O–H groups in total. The normalized spacial score (nSPS) is 10.7. The fourth-order valence-electron chi connectivity index (χ4n) is 1.63. The number of carbonyl (C=O) groups excluding carboxylic acids is 2. The summed E-state index contributed by atoms with van der Waals surface area (Å²) >= 11 is 0. The van der Waals surface area contributed by atoms with Gasteiger partial charge in [0.2, 0.25) is 5.91 Å². The second-order valence-corrected chi connectivity index (χ2v) is 5.71. The fourth-order valence-corrected chi connectivity index (χ4v) is 1.63. The maximum atomic E-state index is 11.7. The molecule has 2 amide bonds. The summed E-state index contributed by atoms with van der Waals surface area (Å²) < 4.78 is 5.16. The number of ether oxygens (including phenoxy) is 1. The predicted octanol–water partition coefficient (Wildman–Crippen LogP) is 2.80. The van der Waals surface area contributed by atoms with Crippen LogP contribution < -0.4 is 10.6 Å². The molecule has 1 rings (SSSR count). The van der Waals surface area contributed by atoms with Crippen LogP contribution in [0.3, 0.4) is 0 Å². The highest BCUT2D eigenvalue weighted by molar-refractivity contribution is 6.07. The quantitative estimate of drug-likeness (QED) is 0.578. The van der Waals surface area contributed by atoms with E-state index in [1.165, 1.54) is 6.92 Å². The van der Waals surface area contributed by atoms with E-state index in [4.69, 9.17) is 10.1 Å². The SMILES string of the molecule is CC(=O)NC(=N)c1cc(NC(=O)OC(C)(C)C)ccc1C. The molecule has 0 aliphatic rings. The van der Waals surface area contributed by atoms with Crippen LogP contribution in [0.5, 0.6) is 0 Å². The summed E-state index contributed by atoms with van der Waals surface area (Å²) in [7, 11) is 0. The number of amides is 2. The zero-order valence-electron chi connectivity index (χ0n) is 13.0. The molecule has 0 aromatic heterocycles. The van der Waals surface area contributed by atoms with Gasteiger partial charge in [0.1, 0.15) is 11.4 Å². The van der Waals surface area contributed by atoms with E-state index in [1.54, 1.807) is 39.0 Å². The zero-order valence-corrected chi connectivity index (χ0v) is 13.0. The third kappa shape index (κ3) is 5.64. The Balaban J connectivity index is 2.89. The first-order valence-corrected chi connectivity index (χ1v) is 6.55. The zero-order chi connectivity index (χ0) is 16.2. The molecule has 0 aliphatic carbocycles. The number of anilines is 1. The van der Waals surface area contributed by atoms with Crippen LogP contribution in [-0.4, -0.2) is 23.4 Å². The molecule has 0 bridgehead atoms. The smallest absolute Gasteiger partial charge is 0.412 e. The van der Waals surface area contributed by atoms with Crippen molar-refractivity contribution in [1.29, 1.82) is 5.41 Å². The number of rotatable bonds is 2. The lowest BCUT2D eigenvalue weighted by molar-refractivity contribution is -0.117. The second kappa shape index (κ2) is 6.39. The Labute approximate surface area is 124 Å². The van der Waals surface area contributed by atoms with Crippen LogP contribution in [0.15, 0.2) is 18.2 Å². The van der Waals surface area contributed by atoms with Crippen molar-refractivity contribution in [3.8, 4) is 0 Å². The number of nitrogens with one attached hydrogen (secondary N) is 3. The highest BCUT2D eigenvalue weighted by Crippen LogP contribution is 2.17. The van der Waals surface area contributed by atoms with Gasteiger partial charge in [-0.15, -0.1) is 0 Å². The Morgan fingerprint density at radius 1 is 1.24 bits per heavy atom. The minimum Gasteiger partial charge on any atom is -0.444 e. The lowest BCUT2D eigenvalue weighted by Gasteiger charge is -2.20. The van der Waals surface area contributed by atoms with E-state index in [0.29, 0.717) is 11.3 Å². The molecule has 21 heavy (non-hydrogen) atoms.